The Bertz CT molecular complexity index is 2210. The fourth-order valence-corrected chi connectivity index (χ4v) is 6.51. The van der Waals surface area contributed by atoms with Crippen LogP contribution in [-0.2, 0) is 12.8 Å². The lowest BCUT2D eigenvalue weighted by Crippen LogP contribution is -2.45. The third-order valence-corrected chi connectivity index (χ3v) is 8.57. The summed E-state index contributed by atoms with van der Waals surface area (Å²) in [6.45, 7) is 6.29. The first-order valence-corrected chi connectivity index (χ1v) is 14.4. The summed E-state index contributed by atoms with van der Waals surface area (Å²) in [4.78, 5) is 53.5. The number of anilines is 1. The predicted molar refractivity (Wildman–Crippen MR) is 167 cm³/mol. The summed E-state index contributed by atoms with van der Waals surface area (Å²) in [5, 5.41) is 22.4. The number of aromatic amines is 1. The van der Waals surface area contributed by atoms with Crippen LogP contribution in [-0.4, -0.2) is 49.6 Å². The second kappa shape index (κ2) is 10.3. The van der Waals surface area contributed by atoms with Crippen LogP contribution >= 0.6 is 0 Å². The highest BCUT2D eigenvalue weighted by Crippen LogP contribution is 2.36. The molecule has 0 radical (unpaired) electrons. The number of carboxylic acids is 2. The van der Waals surface area contributed by atoms with Crippen LogP contribution in [0.2, 0.25) is 0 Å². The molecule has 0 atom stereocenters. The van der Waals surface area contributed by atoms with Gasteiger partial charge in [0.1, 0.15) is 5.65 Å². The predicted octanol–water partition coefficient (Wildman–Crippen LogP) is 2.80. The van der Waals surface area contributed by atoms with Crippen LogP contribution in [0.5, 0.6) is 0 Å². The number of fused-ring (bicyclic) bond motifs is 1. The number of hydrogen-bond donors (Lipinski definition) is 3. The second-order valence-corrected chi connectivity index (χ2v) is 11.2. The molecule has 0 amide bonds. The lowest BCUT2D eigenvalue weighted by atomic mass is 9.90. The Balaban J connectivity index is 1.51. The van der Waals surface area contributed by atoms with Crippen molar-refractivity contribution >= 4 is 41.3 Å². The standard InChI is InChI=1S/C34H28N4O6/c1-19-27(18-20-16-23-4-2-14-36-15-3-5-24(17-20)29(23)36)31(39)37(25-10-6-21(7-11-25)33(41)42)30-28(19)32(40)38(35-30)26-12-8-22(9-13-26)34(43)44/h6-13,16-18,35H,1-5,14-15H2,(H,41,42)(H,43,44). The summed E-state index contributed by atoms with van der Waals surface area (Å²) in [5.74, 6) is -2.20. The van der Waals surface area contributed by atoms with E-state index in [9.17, 15) is 29.4 Å². The molecule has 0 unspecified atom stereocenters. The maximum atomic E-state index is 14.3. The molecule has 3 N–H and O–H groups in total. The molecule has 10 heteroatoms. The smallest absolute Gasteiger partial charge is 0.335 e. The van der Waals surface area contributed by atoms with Crippen LogP contribution in [0.3, 0.4) is 0 Å². The second-order valence-electron chi connectivity index (χ2n) is 11.2. The lowest BCUT2D eigenvalue weighted by Gasteiger charge is -2.37. The summed E-state index contributed by atoms with van der Waals surface area (Å²) >= 11 is 0. The number of aromatic nitrogens is 3. The van der Waals surface area contributed by atoms with E-state index < -0.39 is 23.1 Å². The molecule has 2 aliphatic rings. The molecule has 7 rings (SSSR count). The number of carbonyl (C=O) groups is 2. The van der Waals surface area contributed by atoms with E-state index in [1.807, 2.05) is 0 Å². The van der Waals surface area contributed by atoms with Gasteiger partial charge in [-0.2, -0.15) is 0 Å². The molecule has 0 fully saturated rings. The number of aromatic carboxylic acids is 2. The molecule has 0 saturated carbocycles. The van der Waals surface area contributed by atoms with E-state index in [2.05, 4.69) is 28.7 Å². The van der Waals surface area contributed by atoms with Gasteiger partial charge >= 0.3 is 11.9 Å². The van der Waals surface area contributed by atoms with Gasteiger partial charge in [-0.15, -0.1) is 0 Å². The SMILES string of the molecule is C=c1c(=Cc2cc3c4c(c2)CCCN4CCC3)c(=O)n(-c2ccc(C(=O)O)cc2)c2[nH]n(-c3ccc(C(=O)O)cc3)c(=O)c12. The van der Waals surface area contributed by atoms with E-state index in [-0.39, 0.29) is 32.6 Å². The minimum absolute atomic E-state index is 0.0558. The average molecular weight is 589 g/mol. The highest BCUT2D eigenvalue weighted by Gasteiger charge is 2.24. The Morgan fingerprint density at radius 1 is 0.795 bits per heavy atom. The van der Waals surface area contributed by atoms with Crippen molar-refractivity contribution < 1.29 is 19.8 Å². The van der Waals surface area contributed by atoms with Crippen LogP contribution in [0.4, 0.5) is 5.69 Å². The molecule has 0 bridgehead atoms. The molecular formula is C34H28N4O6. The summed E-state index contributed by atoms with van der Waals surface area (Å²) in [6.07, 6.45) is 5.84. The van der Waals surface area contributed by atoms with E-state index in [0.29, 0.717) is 11.4 Å². The van der Waals surface area contributed by atoms with Crippen molar-refractivity contribution in [2.45, 2.75) is 25.7 Å². The van der Waals surface area contributed by atoms with Gasteiger partial charge in [-0.3, -0.25) is 19.3 Å². The largest absolute Gasteiger partial charge is 0.478 e. The van der Waals surface area contributed by atoms with Crippen LogP contribution in [0, 0.1) is 0 Å². The molecule has 0 aliphatic carbocycles. The van der Waals surface area contributed by atoms with Crippen molar-refractivity contribution in [1.82, 2.24) is 14.3 Å². The van der Waals surface area contributed by atoms with E-state index in [0.717, 1.165) is 44.3 Å². The Labute approximate surface area is 250 Å². The van der Waals surface area contributed by atoms with Crippen molar-refractivity contribution in [2.75, 3.05) is 18.0 Å². The highest BCUT2D eigenvalue weighted by atomic mass is 16.4. The summed E-state index contributed by atoms with van der Waals surface area (Å²) in [5.41, 5.74) is 4.84. The first kappa shape index (κ1) is 27.2. The summed E-state index contributed by atoms with van der Waals surface area (Å²) in [7, 11) is 0. The molecule has 2 aromatic heterocycles. The van der Waals surface area contributed by atoms with Gasteiger partial charge in [-0.05, 0) is 114 Å². The molecule has 0 spiro atoms. The molecule has 3 aromatic carbocycles. The monoisotopic (exact) mass is 588 g/mol. The van der Waals surface area contributed by atoms with Gasteiger partial charge in [0.2, 0.25) is 0 Å². The van der Waals surface area contributed by atoms with E-state index in [4.69, 9.17) is 0 Å². The minimum atomic E-state index is -1.10. The molecule has 5 aromatic rings. The fourth-order valence-electron chi connectivity index (χ4n) is 6.51. The molecular weight excluding hydrogens is 560 g/mol. The van der Waals surface area contributed by atoms with Crippen LogP contribution in [0.15, 0.2) is 70.3 Å². The zero-order valence-electron chi connectivity index (χ0n) is 23.7. The maximum Gasteiger partial charge on any atom is 0.335 e. The van der Waals surface area contributed by atoms with Gasteiger partial charge in [0.05, 0.1) is 27.9 Å². The van der Waals surface area contributed by atoms with Gasteiger partial charge < -0.3 is 15.1 Å². The number of nitrogens with zero attached hydrogens (tertiary/aromatic N) is 3. The Kier molecular flexibility index (Phi) is 6.35. The molecule has 10 nitrogen and oxygen atoms in total. The number of carboxylic acid groups (broad SMARTS) is 2. The van der Waals surface area contributed by atoms with Crippen LogP contribution in [0.25, 0.3) is 35.1 Å². The topological polar surface area (TPSA) is 138 Å². The Morgan fingerprint density at radius 2 is 1.34 bits per heavy atom. The minimum Gasteiger partial charge on any atom is -0.478 e. The lowest BCUT2D eigenvalue weighted by molar-refractivity contribution is 0.0686. The molecule has 0 saturated heterocycles. The number of pyridine rings is 1. The number of H-pyrrole nitrogens is 1. The van der Waals surface area contributed by atoms with Crippen molar-refractivity contribution in [3.8, 4) is 11.4 Å². The molecule has 4 heterocycles. The first-order chi connectivity index (χ1) is 21.2. The number of rotatable bonds is 5. The van der Waals surface area contributed by atoms with Gasteiger partial charge in [0.25, 0.3) is 11.1 Å². The maximum absolute atomic E-state index is 14.3. The Hall–Kier alpha value is -5.64. The molecule has 44 heavy (non-hydrogen) atoms. The third kappa shape index (κ3) is 4.34. The Morgan fingerprint density at radius 3 is 1.89 bits per heavy atom. The van der Waals surface area contributed by atoms with Crippen molar-refractivity contribution in [1.29, 1.82) is 0 Å². The highest BCUT2D eigenvalue weighted by molar-refractivity contribution is 5.88. The zero-order chi connectivity index (χ0) is 30.7. The van der Waals surface area contributed by atoms with Gasteiger partial charge in [-0.25, -0.2) is 14.3 Å². The number of aryl methyl sites for hydroxylation is 2. The fraction of sp³-hybridized carbons (Fsp3) is 0.176. The summed E-state index contributed by atoms with van der Waals surface area (Å²) < 4.78 is 2.60. The molecule has 2 aliphatic heterocycles. The van der Waals surface area contributed by atoms with Crippen LogP contribution < -0.4 is 26.5 Å². The normalized spacial score (nSPS) is 14.5. The third-order valence-electron chi connectivity index (χ3n) is 8.57. The quantitative estimate of drug-likeness (QED) is 0.287. The zero-order valence-corrected chi connectivity index (χ0v) is 23.7. The van der Waals surface area contributed by atoms with E-state index in [1.165, 1.54) is 74.6 Å². The number of nitrogens with one attached hydrogen (secondary N) is 1. The van der Waals surface area contributed by atoms with Crippen LogP contribution in [0.1, 0.15) is 50.2 Å². The van der Waals surface area contributed by atoms with E-state index >= 15 is 0 Å². The number of hydrogen-bond acceptors (Lipinski definition) is 5. The van der Waals surface area contributed by atoms with Crippen molar-refractivity contribution in [3.63, 3.8) is 0 Å². The van der Waals surface area contributed by atoms with Gasteiger partial charge in [0, 0.05) is 24.0 Å². The first-order valence-electron chi connectivity index (χ1n) is 14.4. The van der Waals surface area contributed by atoms with E-state index in [1.54, 1.807) is 6.08 Å². The van der Waals surface area contributed by atoms with Crippen molar-refractivity contribution in [2.24, 2.45) is 0 Å². The van der Waals surface area contributed by atoms with Gasteiger partial charge in [-0.1, -0.05) is 6.58 Å². The average Bonchev–Trinajstić information content (AvgIpc) is 3.36. The van der Waals surface area contributed by atoms with Crippen molar-refractivity contribution in [3.05, 3.63) is 120 Å². The molecule has 220 valence electrons. The number of benzene rings is 3. The van der Waals surface area contributed by atoms with Gasteiger partial charge in [0.15, 0.2) is 0 Å². The summed E-state index contributed by atoms with van der Waals surface area (Å²) in [6, 6.07) is 15.9.